The Morgan fingerprint density at radius 3 is 2.53 bits per heavy atom. The summed E-state index contributed by atoms with van der Waals surface area (Å²) in [4.78, 5) is 11.2. The van der Waals surface area contributed by atoms with Crippen LogP contribution in [0.5, 0.6) is 0 Å². The number of methoxy groups -OCH3 is 1. The second-order valence-electron chi connectivity index (χ2n) is 5.67. The molecule has 0 aliphatic rings. The molecule has 0 saturated carbocycles. The van der Waals surface area contributed by atoms with E-state index in [4.69, 9.17) is 4.74 Å². The minimum Gasteiger partial charge on any atom is -0.465 e. The average molecular weight is 268 g/mol. The zero-order valence-corrected chi connectivity index (χ0v) is 12.0. The van der Waals surface area contributed by atoms with E-state index in [0.717, 1.165) is 6.42 Å². The highest BCUT2D eigenvalue weighted by molar-refractivity contribution is 5.89. The Morgan fingerprint density at radius 1 is 1.32 bits per heavy atom. The van der Waals surface area contributed by atoms with Crippen LogP contribution in [0, 0.1) is 11.2 Å². The number of carbonyl (C=O) groups excluding carboxylic acids is 1. The molecule has 1 aromatic rings. The van der Waals surface area contributed by atoms with Gasteiger partial charge in [0, 0.05) is 6.61 Å². The predicted molar refractivity (Wildman–Crippen MR) is 71.5 cm³/mol. The van der Waals surface area contributed by atoms with Gasteiger partial charge in [-0.3, -0.25) is 0 Å². The SMILES string of the molecule is COC(=O)c1ccc(COCCC(C)(C)C)cc1F. The highest BCUT2D eigenvalue weighted by atomic mass is 19.1. The Labute approximate surface area is 113 Å². The third-order valence-electron chi connectivity index (χ3n) is 2.70. The summed E-state index contributed by atoms with van der Waals surface area (Å²) in [6, 6.07) is 4.40. The molecule has 0 heterocycles. The van der Waals surface area contributed by atoms with Gasteiger partial charge < -0.3 is 9.47 Å². The topological polar surface area (TPSA) is 35.5 Å². The second kappa shape index (κ2) is 6.66. The van der Waals surface area contributed by atoms with Crippen molar-refractivity contribution in [2.45, 2.75) is 33.8 Å². The lowest BCUT2D eigenvalue weighted by atomic mass is 9.93. The van der Waals surface area contributed by atoms with E-state index in [1.807, 2.05) is 0 Å². The zero-order chi connectivity index (χ0) is 14.5. The van der Waals surface area contributed by atoms with Gasteiger partial charge in [-0.05, 0) is 29.5 Å². The van der Waals surface area contributed by atoms with Gasteiger partial charge in [0.25, 0.3) is 0 Å². The lowest BCUT2D eigenvalue weighted by Crippen LogP contribution is -2.10. The summed E-state index contributed by atoms with van der Waals surface area (Å²) in [5.74, 6) is -1.25. The van der Waals surface area contributed by atoms with E-state index in [2.05, 4.69) is 25.5 Å². The summed E-state index contributed by atoms with van der Waals surface area (Å²) in [6.45, 7) is 7.39. The fraction of sp³-hybridized carbons (Fsp3) is 0.533. The van der Waals surface area contributed by atoms with Crippen LogP contribution in [0.2, 0.25) is 0 Å². The summed E-state index contributed by atoms with van der Waals surface area (Å²) in [5.41, 5.74) is 0.875. The molecule has 1 aromatic carbocycles. The normalized spacial score (nSPS) is 11.4. The molecule has 19 heavy (non-hydrogen) atoms. The van der Waals surface area contributed by atoms with Gasteiger partial charge in [0.05, 0.1) is 19.3 Å². The maximum Gasteiger partial charge on any atom is 0.340 e. The molecule has 0 aliphatic heterocycles. The van der Waals surface area contributed by atoms with Crippen LogP contribution in [0.4, 0.5) is 4.39 Å². The number of rotatable bonds is 5. The highest BCUT2D eigenvalue weighted by Crippen LogP contribution is 2.18. The number of esters is 1. The molecule has 0 radical (unpaired) electrons. The van der Waals surface area contributed by atoms with Crippen LogP contribution in [0.1, 0.15) is 43.1 Å². The first-order chi connectivity index (χ1) is 8.83. The molecule has 0 unspecified atom stereocenters. The van der Waals surface area contributed by atoms with Crippen molar-refractivity contribution in [1.82, 2.24) is 0 Å². The number of carbonyl (C=O) groups is 1. The monoisotopic (exact) mass is 268 g/mol. The molecule has 0 aliphatic carbocycles. The van der Waals surface area contributed by atoms with E-state index >= 15 is 0 Å². The molecule has 1 rings (SSSR count). The van der Waals surface area contributed by atoms with E-state index in [9.17, 15) is 9.18 Å². The lowest BCUT2D eigenvalue weighted by molar-refractivity contribution is 0.0595. The number of hydrogen-bond acceptors (Lipinski definition) is 3. The van der Waals surface area contributed by atoms with Crippen LogP contribution in [0.25, 0.3) is 0 Å². The van der Waals surface area contributed by atoms with Crippen molar-refractivity contribution in [3.8, 4) is 0 Å². The Bertz CT molecular complexity index is 436. The van der Waals surface area contributed by atoms with Crippen LogP contribution < -0.4 is 0 Å². The molecule has 0 fully saturated rings. The molecular weight excluding hydrogens is 247 g/mol. The van der Waals surface area contributed by atoms with Crippen LogP contribution in [-0.4, -0.2) is 19.7 Å². The fourth-order valence-corrected chi connectivity index (χ4v) is 1.49. The van der Waals surface area contributed by atoms with E-state index < -0.39 is 11.8 Å². The predicted octanol–water partition coefficient (Wildman–Crippen LogP) is 3.57. The van der Waals surface area contributed by atoms with Crippen LogP contribution >= 0.6 is 0 Å². The summed E-state index contributed by atoms with van der Waals surface area (Å²) >= 11 is 0. The van der Waals surface area contributed by atoms with Crippen molar-refractivity contribution >= 4 is 5.97 Å². The van der Waals surface area contributed by atoms with Crippen molar-refractivity contribution in [2.75, 3.05) is 13.7 Å². The number of hydrogen-bond donors (Lipinski definition) is 0. The summed E-state index contributed by atoms with van der Waals surface area (Å²) in [5, 5.41) is 0. The van der Waals surface area contributed by atoms with Crippen molar-refractivity contribution in [3.05, 3.63) is 35.1 Å². The zero-order valence-electron chi connectivity index (χ0n) is 12.0. The Hall–Kier alpha value is -1.42. The minimum atomic E-state index is -0.669. The van der Waals surface area contributed by atoms with Gasteiger partial charge in [0.2, 0.25) is 0 Å². The van der Waals surface area contributed by atoms with Crippen LogP contribution in [-0.2, 0) is 16.1 Å². The summed E-state index contributed by atoms with van der Waals surface area (Å²) in [7, 11) is 1.23. The van der Waals surface area contributed by atoms with E-state index in [-0.39, 0.29) is 11.0 Å². The maximum atomic E-state index is 13.6. The molecule has 0 spiro atoms. The van der Waals surface area contributed by atoms with Gasteiger partial charge in [-0.2, -0.15) is 0 Å². The molecule has 0 N–H and O–H groups in total. The van der Waals surface area contributed by atoms with Crippen LogP contribution in [0.3, 0.4) is 0 Å². The first-order valence-corrected chi connectivity index (χ1v) is 6.28. The number of benzene rings is 1. The van der Waals surface area contributed by atoms with Gasteiger partial charge in [0.1, 0.15) is 5.82 Å². The minimum absolute atomic E-state index is 0.0547. The smallest absolute Gasteiger partial charge is 0.340 e. The third-order valence-corrected chi connectivity index (χ3v) is 2.70. The Kier molecular flexibility index (Phi) is 5.48. The van der Waals surface area contributed by atoms with Crippen molar-refractivity contribution in [1.29, 1.82) is 0 Å². The summed E-state index contributed by atoms with van der Waals surface area (Å²) < 4.78 is 23.6. The van der Waals surface area contributed by atoms with E-state index in [1.165, 1.54) is 19.2 Å². The highest BCUT2D eigenvalue weighted by Gasteiger charge is 2.13. The molecular formula is C15H21FO3. The van der Waals surface area contributed by atoms with Gasteiger partial charge in [-0.15, -0.1) is 0 Å². The molecule has 0 amide bonds. The molecule has 0 aromatic heterocycles. The molecule has 106 valence electrons. The number of halogens is 1. The fourth-order valence-electron chi connectivity index (χ4n) is 1.49. The second-order valence-corrected chi connectivity index (χ2v) is 5.67. The van der Waals surface area contributed by atoms with Gasteiger partial charge in [-0.25, -0.2) is 9.18 Å². The van der Waals surface area contributed by atoms with Crippen molar-refractivity contribution < 1.29 is 18.7 Å². The molecule has 3 nitrogen and oxygen atoms in total. The average Bonchev–Trinajstić information content (AvgIpc) is 2.33. The first-order valence-electron chi connectivity index (χ1n) is 6.28. The third kappa shape index (κ3) is 5.39. The summed E-state index contributed by atoms with van der Waals surface area (Å²) in [6.07, 6.45) is 0.940. The molecule has 0 atom stereocenters. The van der Waals surface area contributed by atoms with E-state index in [0.29, 0.717) is 18.8 Å². The van der Waals surface area contributed by atoms with Crippen LogP contribution in [0.15, 0.2) is 18.2 Å². The van der Waals surface area contributed by atoms with Gasteiger partial charge in [-0.1, -0.05) is 26.8 Å². The standard InChI is InChI=1S/C15H21FO3/c1-15(2,3)7-8-19-10-11-5-6-12(13(16)9-11)14(17)18-4/h5-6,9H,7-8,10H2,1-4H3. The molecule has 4 heteroatoms. The largest absolute Gasteiger partial charge is 0.465 e. The van der Waals surface area contributed by atoms with E-state index in [1.54, 1.807) is 6.07 Å². The molecule has 0 saturated heterocycles. The Balaban J connectivity index is 2.52. The first kappa shape index (κ1) is 15.6. The van der Waals surface area contributed by atoms with Crippen molar-refractivity contribution in [3.63, 3.8) is 0 Å². The Morgan fingerprint density at radius 2 is 2.00 bits per heavy atom. The quantitative estimate of drug-likeness (QED) is 0.605. The van der Waals surface area contributed by atoms with Crippen molar-refractivity contribution in [2.24, 2.45) is 5.41 Å². The lowest BCUT2D eigenvalue weighted by Gasteiger charge is -2.17. The van der Waals surface area contributed by atoms with Gasteiger partial charge >= 0.3 is 5.97 Å². The van der Waals surface area contributed by atoms with Gasteiger partial charge in [0.15, 0.2) is 0 Å². The number of ether oxygens (including phenoxy) is 2. The maximum absolute atomic E-state index is 13.6. The molecule has 0 bridgehead atoms.